The van der Waals surface area contributed by atoms with E-state index in [-0.39, 0.29) is 16.7 Å². The van der Waals surface area contributed by atoms with E-state index in [2.05, 4.69) is 4.74 Å². The lowest BCUT2D eigenvalue weighted by Gasteiger charge is -2.12. The minimum atomic E-state index is -5.30. The zero-order valence-electron chi connectivity index (χ0n) is 19.5. The number of hydrogen-bond donors (Lipinski definition) is 0. The fourth-order valence-corrected chi connectivity index (χ4v) is 3.70. The molecule has 200 valence electrons. The number of halogens is 9. The lowest BCUT2D eigenvalue weighted by molar-refractivity contribution is -0.276. The number of benzene rings is 4. The Morgan fingerprint density at radius 1 is 0.590 bits per heavy atom. The monoisotopic (exact) mass is 550 g/mol. The summed E-state index contributed by atoms with van der Waals surface area (Å²) >= 11 is 0. The van der Waals surface area contributed by atoms with E-state index in [1.165, 1.54) is 36.4 Å². The molecular weight excluding hydrogens is 535 g/mol. The van der Waals surface area contributed by atoms with Gasteiger partial charge in [0.1, 0.15) is 5.82 Å². The minimum Gasteiger partial charge on any atom is -0.399 e. The SMILES string of the molecule is FC(F)=C(F)c1ccc(-c2ccc(/C=C/c3ccc(-c4cc(F)c(OC(F)(F)F)c(F)c4)c(F)c3)cc2)cc1. The first-order valence-electron chi connectivity index (χ1n) is 11.1. The van der Waals surface area contributed by atoms with E-state index >= 15 is 0 Å². The van der Waals surface area contributed by atoms with E-state index in [0.29, 0.717) is 23.3 Å². The van der Waals surface area contributed by atoms with Gasteiger partial charge in [-0.15, -0.1) is 13.2 Å². The van der Waals surface area contributed by atoms with Crippen molar-refractivity contribution in [3.8, 4) is 28.0 Å². The van der Waals surface area contributed by atoms with Gasteiger partial charge < -0.3 is 4.74 Å². The molecule has 0 unspecified atom stereocenters. The quantitative estimate of drug-likeness (QED) is 0.172. The maximum Gasteiger partial charge on any atom is 0.573 e. The molecule has 4 aromatic rings. The average Bonchev–Trinajstić information content (AvgIpc) is 2.89. The topological polar surface area (TPSA) is 9.23 Å². The maximum absolute atomic E-state index is 14.7. The molecule has 0 spiro atoms. The fraction of sp³-hybridized carbons (Fsp3) is 0.0345. The number of rotatable bonds is 6. The summed E-state index contributed by atoms with van der Waals surface area (Å²) in [6.07, 6.45) is -4.47. The van der Waals surface area contributed by atoms with Crippen molar-refractivity contribution < 1.29 is 44.3 Å². The summed E-state index contributed by atoms with van der Waals surface area (Å²) in [5.74, 6) is -7.35. The van der Waals surface area contributed by atoms with Crippen molar-refractivity contribution in [2.45, 2.75) is 6.36 Å². The highest BCUT2D eigenvalue weighted by molar-refractivity contribution is 5.75. The van der Waals surface area contributed by atoms with Crippen molar-refractivity contribution in [1.82, 2.24) is 0 Å². The minimum absolute atomic E-state index is 0.233. The zero-order valence-corrected chi connectivity index (χ0v) is 19.5. The van der Waals surface area contributed by atoms with Crippen molar-refractivity contribution in [2.24, 2.45) is 0 Å². The standard InChI is InChI=1S/C29H15F9O/c30-23-13-17(5-12-22(23)21-14-24(31)27(25(32)15-21)39-29(36,37)38)2-1-16-3-6-18(7-4-16)19-8-10-20(11-9-19)26(33)28(34)35/h1-15H/b2-1+. The number of ether oxygens (including phenoxy) is 1. The van der Waals surface area contributed by atoms with Crippen molar-refractivity contribution in [3.63, 3.8) is 0 Å². The normalized spacial score (nSPS) is 11.6. The molecular formula is C29H15F9O. The third-order valence-electron chi connectivity index (χ3n) is 5.54. The van der Waals surface area contributed by atoms with Crippen LogP contribution in [0.15, 0.2) is 84.9 Å². The van der Waals surface area contributed by atoms with Crippen molar-refractivity contribution in [3.05, 3.63) is 119 Å². The van der Waals surface area contributed by atoms with Crippen LogP contribution in [0.3, 0.4) is 0 Å². The molecule has 0 saturated heterocycles. The second-order valence-corrected chi connectivity index (χ2v) is 8.16. The fourth-order valence-electron chi connectivity index (χ4n) is 3.70. The third kappa shape index (κ3) is 6.70. The summed E-state index contributed by atoms with van der Waals surface area (Å²) in [7, 11) is 0. The number of alkyl halides is 3. The zero-order chi connectivity index (χ0) is 28.3. The molecule has 0 amide bonds. The van der Waals surface area contributed by atoms with Crippen LogP contribution in [0.4, 0.5) is 39.5 Å². The molecule has 4 aromatic carbocycles. The molecule has 0 aromatic heterocycles. The van der Waals surface area contributed by atoms with E-state index in [9.17, 15) is 39.5 Å². The molecule has 0 heterocycles. The highest BCUT2D eigenvalue weighted by Gasteiger charge is 2.34. The number of hydrogen-bond acceptors (Lipinski definition) is 1. The second-order valence-electron chi connectivity index (χ2n) is 8.16. The van der Waals surface area contributed by atoms with Crippen LogP contribution in [0.2, 0.25) is 0 Å². The predicted octanol–water partition coefficient (Wildman–Crippen LogP) is 10.0. The van der Waals surface area contributed by atoms with Crippen LogP contribution < -0.4 is 4.74 Å². The van der Waals surface area contributed by atoms with Crippen LogP contribution in [0, 0.1) is 17.5 Å². The summed E-state index contributed by atoms with van der Waals surface area (Å²) in [6.45, 7) is 0. The van der Waals surface area contributed by atoms with Crippen molar-refractivity contribution >= 4 is 18.0 Å². The van der Waals surface area contributed by atoms with Gasteiger partial charge in [-0.2, -0.15) is 8.78 Å². The van der Waals surface area contributed by atoms with E-state index in [0.717, 1.165) is 17.2 Å². The van der Waals surface area contributed by atoms with Gasteiger partial charge in [0.15, 0.2) is 17.5 Å². The van der Waals surface area contributed by atoms with Crippen LogP contribution in [0.1, 0.15) is 16.7 Å². The smallest absolute Gasteiger partial charge is 0.399 e. The van der Waals surface area contributed by atoms with Crippen LogP contribution >= 0.6 is 0 Å². The molecule has 0 bridgehead atoms. The molecule has 0 saturated carbocycles. The van der Waals surface area contributed by atoms with E-state index in [1.54, 1.807) is 36.4 Å². The third-order valence-corrected chi connectivity index (χ3v) is 5.54. The summed E-state index contributed by atoms with van der Waals surface area (Å²) < 4.78 is 121. The molecule has 0 atom stereocenters. The molecule has 0 fully saturated rings. The predicted molar refractivity (Wildman–Crippen MR) is 129 cm³/mol. The van der Waals surface area contributed by atoms with Gasteiger partial charge in [-0.1, -0.05) is 72.8 Å². The highest BCUT2D eigenvalue weighted by Crippen LogP contribution is 2.34. The van der Waals surface area contributed by atoms with E-state index in [4.69, 9.17) is 0 Å². The molecule has 0 aliphatic heterocycles. The second kappa shape index (κ2) is 11.1. The Morgan fingerprint density at radius 2 is 1.10 bits per heavy atom. The Bertz CT molecular complexity index is 1520. The molecule has 1 nitrogen and oxygen atoms in total. The van der Waals surface area contributed by atoms with Crippen LogP contribution in [0.5, 0.6) is 5.75 Å². The Labute approximate surface area is 216 Å². The first kappa shape index (κ1) is 27.6. The molecule has 0 aliphatic rings. The summed E-state index contributed by atoms with van der Waals surface area (Å²) in [4.78, 5) is 0. The van der Waals surface area contributed by atoms with Gasteiger partial charge in [0.25, 0.3) is 0 Å². The Balaban J connectivity index is 1.49. The van der Waals surface area contributed by atoms with E-state index in [1.807, 2.05) is 0 Å². The highest BCUT2D eigenvalue weighted by atomic mass is 19.4. The van der Waals surface area contributed by atoms with Crippen LogP contribution in [-0.4, -0.2) is 6.36 Å². The Morgan fingerprint density at radius 3 is 1.62 bits per heavy atom. The van der Waals surface area contributed by atoms with Gasteiger partial charge in [0.05, 0.1) is 0 Å². The first-order valence-corrected chi connectivity index (χ1v) is 11.1. The molecule has 0 radical (unpaired) electrons. The van der Waals surface area contributed by atoms with Crippen molar-refractivity contribution in [1.29, 1.82) is 0 Å². The summed E-state index contributed by atoms with van der Waals surface area (Å²) in [5.41, 5.74) is 1.74. The van der Waals surface area contributed by atoms with Gasteiger partial charge in [0.2, 0.25) is 5.75 Å². The summed E-state index contributed by atoms with van der Waals surface area (Å²) in [5, 5.41) is 0. The molecule has 4 rings (SSSR count). The molecule has 0 N–H and O–H groups in total. The molecule has 39 heavy (non-hydrogen) atoms. The Kier molecular flexibility index (Phi) is 7.85. The van der Waals surface area contributed by atoms with Crippen molar-refractivity contribution in [2.75, 3.05) is 0 Å². The Hall–Kier alpha value is -4.47. The van der Waals surface area contributed by atoms with Gasteiger partial charge in [-0.25, -0.2) is 17.6 Å². The maximum atomic E-state index is 14.7. The molecule has 10 heteroatoms. The van der Waals surface area contributed by atoms with Gasteiger partial charge in [-0.05, 0) is 46.0 Å². The lowest BCUT2D eigenvalue weighted by Crippen LogP contribution is -2.19. The molecule has 0 aliphatic carbocycles. The summed E-state index contributed by atoms with van der Waals surface area (Å²) in [6, 6.07) is 17.3. The van der Waals surface area contributed by atoms with Crippen LogP contribution in [0.25, 0.3) is 40.2 Å². The van der Waals surface area contributed by atoms with Gasteiger partial charge in [-0.3, -0.25) is 0 Å². The van der Waals surface area contributed by atoms with E-state index < -0.39 is 41.5 Å². The average molecular weight is 550 g/mol. The largest absolute Gasteiger partial charge is 0.573 e. The van der Waals surface area contributed by atoms with Gasteiger partial charge in [0, 0.05) is 11.1 Å². The van der Waals surface area contributed by atoms with Crippen LogP contribution in [-0.2, 0) is 0 Å². The first-order chi connectivity index (χ1) is 18.4. The lowest BCUT2D eigenvalue weighted by atomic mass is 10.0. The van der Waals surface area contributed by atoms with Gasteiger partial charge >= 0.3 is 12.4 Å².